The molecule has 1 heterocycles. The predicted octanol–water partition coefficient (Wildman–Crippen LogP) is 5.21. The average Bonchev–Trinajstić information content (AvgIpc) is 2.75. The molecular formula is C23H20FN5O2S. The third kappa shape index (κ3) is 5.38. The quantitative estimate of drug-likeness (QED) is 0.358. The number of halogens is 1. The summed E-state index contributed by atoms with van der Waals surface area (Å²) in [7, 11) is -3.89. The first-order valence-corrected chi connectivity index (χ1v) is 11.2. The zero-order valence-corrected chi connectivity index (χ0v) is 17.9. The van der Waals surface area contributed by atoms with Crippen LogP contribution in [-0.4, -0.2) is 18.4 Å². The molecule has 0 bridgehead atoms. The van der Waals surface area contributed by atoms with E-state index in [0.717, 1.165) is 17.4 Å². The van der Waals surface area contributed by atoms with Gasteiger partial charge in [0.15, 0.2) is 0 Å². The number of hydrogen-bond donors (Lipinski definition) is 3. The Morgan fingerprint density at radius 2 is 1.44 bits per heavy atom. The van der Waals surface area contributed by atoms with Crippen LogP contribution >= 0.6 is 0 Å². The summed E-state index contributed by atoms with van der Waals surface area (Å²) in [5.41, 5.74) is 2.71. The fraction of sp³-hybridized carbons (Fsp3) is 0.0435. The summed E-state index contributed by atoms with van der Waals surface area (Å²) in [6, 6.07) is 22.9. The minimum Gasteiger partial charge on any atom is -0.340 e. The van der Waals surface area contributed by atoms with E-state index in [4.69, 9.17) is 0 Å². The number of nitrogens with one attached hydrogen (secondary N) is 3. The van der Waals surface area contributed by atoms with Crippen LogP contribution < -0.4 is 15.4 Å². The molecule has 4 aromatic rings. The molecule has 0 aliphatic heterocycles. The molecule has 9 heteroatoms. The topological polar surface area (TPSA) is 96.0 Å². The van der Waals surface area contributed by atoms with Gasteiger partial charge in [0.1, 0.15) is 11.6 Å². The summed E-state index contributed by atoms with van der Waals surface area (Å²) in [6.45, 7) is 1.87. The molecule has 32 heavy (non-hydrogen) atoms. The summed E-state index contributed by atoms with van der Waals surface area (Å²) >= 11 is 0. The van der Waals surface area contributed by atoms with Crippen molar-refractivity contribution in [3.8, 4) is 0 Å². The number of hydrogen-bond acceptors (Lipinski definition) is 6. The minimum absolute atomic E-state index is 0.147. The van der Waals surface area contributed by atoms with Crippen molar-refractivity contribution < 1.29 is 12.8 Å². The number of para-hydroxylation sites is 1. The van der Waals surface area contributed by atoms with Gasteiger partial charge in [-0.2, -0.15) is 4.98 Å². The third-order valence-corrected chi connectivity index (χ3v) is 5.78. The van der Waals surface area contributed by atoms with Crippen LogP contribution in [-0.2, 0) is 10.0 Å². The van der Waals surface area contributed by atoms with E-state index in [2.05, 4.69) is 25.3 Å². The molecule has 0 amide bonds. The molecule has 162 valence electrons. The number of nitrogens with zero attached hydrogens (tertiary/aromatic N) is 2. The Hall–Kier alpha value is -3.98. The van der Waals surface area contributed by atoms with Crippen LogP contribution in [0.5, 0.6) is 0 Å². The van der Waals surface area contributed by atoms with Gasteiger partial charge in [-0.25, -0.2) is 17.8 Å². The fourth-order valence-corrected chi connectivity index (χ4v) is 4.05. The van der Waals surface area contributed by atoms with E-state index in [1.165, 1.54) is 18.2 Å². The molecule has 0 radical (unpaired) electrons. The lowest BCUT2D eigenvalue weighted by Crippen LogP contribution is -2.13. The summed E-state index contributed by atoms with van der Waals surface area (Å²) in [6.07, 6.45) is 0. The molecular weight excluding hydrogens is 429 g/mol. The lowest BCUT2D eigenvalue weighted by Gasteiger charge is -2.11. The SMILES string of the molecule is Cc1cc(Nc2ccccc2)nc(Nc2ccc(NS(=O)(=O)c3cccc(F)c3)cc2)n1. The van der Waals surface area contributed by atoms with Gasteiger partial charge >= 0.3 is 0 Å². The van der Waals surface area contributed by atoms with Gasteiger partial charge in [0, 0.05) is 28.8 Å². The van der Waals surface area contributed by atoms with E-state index < -0.39 is 15.8 Å². The van der Waals surface area contributed by atoms with E-state index in [0.29, 0.717) is 23.1 Å². The summed E-state index contributed by atoms with van der Waals surface area (Å²) < 4.78 is 40.7. The molecule has 0 fully saturated rings. The molecule has 0 unspecified atom stereocenters. The molecule has 3 N–H and O–H groups in total. The summed E-state index contributed by atoms with van der Waals surface area (Å²) in [4.78, 5) is 8.72. The van der Waals surface area contributed by atoms with Crippen molar-refractivity contribution in [2.24, 2.45) is 0 Å². The molecule has 3 aromatic carbocycles. The van der Waals surface area contributed by atoms with Crippen molar-refractivity contribution in [3.05, 3.63) is 96.4 Å². The van der Waals surface area contributed by atoms with Crippen molar-refractivity contribution in [2.75, 3.05) is 15.4 Å². The lowest BCUT2D eigenvalue weighted by atomic mass is 10.3. The zero-order valence-electron chi connectivity index (χ0n) is 17.1. The highest BCUT2D eigenvalue weighted by Crippen LogP contribution is 2.22. The van der Waals surface area contributed by atoms with Gasteiger partial charge < -0.3 is 10.6 Å². The van der Waals surface area contributed by atoms with Gasteiger partial charge in [0.05, 0.1) is 4.90 Å². The number of anilines is 5. The lowest BCUT2D eigenvalue weighted by molar-refractivity contribution is 0.595. The van der Waals surface area contributed by atoms with Crippen molar-refractivity contribution in [2.45, 2.75) is 11.8 Å². The summed E-state index contributed by atoms with van der Waals surface area (Å²) in [5.74, 6) is 0.425. The van der Waals surface area contributed by atoms with E-state index in [9.17, 15) is 12.8 Å². The van der Waals surface area contributed by atoms with Crippen LogP contribution in [0.15, 0.2) is 89.8 Å². The highest BCUT2D eigenvalue weighted by atomic mass is 32.2. The second-order valence-corrected chi connectivity index (χ2v) is 8.66. The molecule has 7 nitrogen and oxygen atoms in total. The molecule has 0 atom stereocenters. The third-order valence-electron chi connectivity index (χ3n) is 4.40. The Labute approximate surface area is 185 Å². The van der Waals surface area contributed by atoms with Gasteiger partial charge in [-0.1, -0.05) is 24.3 Å². The molecule has 1 aromatic heterocycles. The van der Waals surface area contributed by atoms with E-state index in [1.54, 1.807) is 24.3 Å². The maximum atomic E-state index is 13.4. The van der Waals surface area contributed by atoms with E-state index >= 15 is 0 Å². The van der Waals surface area contributed by atoms with Gasteiger partial charge in [-0.15, -0.1) is 0 Å². The predicted molar refractivity (Wildman–Crippen MR) is 123 cm³/mol. The fourth-order valence-electron chi connectivity index (χ4n) is 2.96. The molecule has 0 aliphatic carbocycles. The normalized spacial score (nSPS) is 11.1. The smallest absolute Gasteiger partial charge is 0.261 e. The van der Waals surface area contributed by atoms with Crippen molar-refractivity contribution >= 4 is 38.9 Å². The molecule has 0 saturated heterocycles. The minimum atomic E-state index is -3.89. The number of benzene rings is 3. The van der Waals surface area contributed by atoms with Crippen LogP contribution in [0.25, 0.3) is 0 Å². The van der Waals surface area contributed by atoms with Gasteiger partial charge in [-0.05, 0) is 61.5 Å². The van der Waals surface area contributed by atoms with E-state index in [1.807, 2.05) is 43.3 Å². The zero-order chi connectivity index (χ0) is 22.6. The molecule has 0 aliphatic rings. The Morgan fingerprint density at radius 3 is 2.16 bits per heavy atom. The van der Waals surface area contributed by atoms with Crippen LogP contribution in [0.2, 0.25) is 0 Å². The highest BCUT2D eigenvalue weighted by molar-refractivity contribution is 7.92. The first-order valence-electron chi connectivity index (χ1n) is 9.71. The van der Waals surface area contributed by atoms with Crippen molar-refractivity contribution in [1.29, 1.82) is 0 Å². The Bertz CT molecular complexity index is 1330. The second kappa shape index (κ2) is 9.03. The number of sulfonamides is 1. The Kier molecular flexibility index (Phi) is 6.00. The highest BCUT2D eigenvalue weighted by Gasteiger charge is 2.15. The number of rotatable bonds is 7. The van der Waals surface area contributed by atoms with Crippen LogP contribution in [0.1, 0.15) is 5.69 Å². The van der Waals surface area contributed by atoms with Gasteiger partial charge in [0.25, 0.3) is 10.0 Å². The van der Waals surface area contributed by atoms with E-state index in [-0.39, 0.29) is 4.90 Å². The monoisotopic (exact) mass is 449 g/mol. The first kappa shape index (κ1) is 21.3. The van der Waals surface area contributed by atoms with Gasteiger partial charge in [-0.3, -0.25) is 4.72 Å². The molecule has 4 rings (SSSR count). The summed E-state index contributed by atoms with van der Waals surface area (Å²) in [5, 5.41) is 6.34. The van der Waals surface area contributed by atoms with Crippen molar-refractivity contribution in [1.82, 2.24) is 9.97 Å². The maximum Gasteiger partial charge on any atom is 0.261 e. The average molecular weight is 450 g/mol. The van der Waals surface area contributed by atoms with Crippen molar-refractivity contribution in [3.63, 3.8) is 0 Å². The second-order valence-electron chi connectivity index (χ2n) is 6.97. The largest absolute Gasteiger partial charge is 0.340 e. The number of aromatic nitrogens is 2. The molecule has 0 spiro atoms. The van der Waals surface area contributed by atoms with Crippen LogP contribution in [0, 0.1) is 12.7 Å². The number of aryl methyl sites for hydroxylation is 1. The Balaban J connectivity index is 1.47. The van der Waals surface area contributed by atoms with Crippen LogP contribution in [0.3, 0.4) is 0 Å². The standard InChI is InChI=1S/C23H20FN5O2S/c1-16-14-22(26-18-7-3-2-4-8-18)28-23(25-16)27-19-10-12-20(13-11-19)29-32(30,31)21-9-5-6-17(24)15-21/h2-15,29H,1H3,(H2,25,26,27,28). The maximum absolute atomic E-state index is 13.4. The molecule has 0 saturated carbocycles. The van der Waals surface area contributed by atoms with Crippen LogP contribution in [0.4, 0.5) is 33.2 Å². The Morgan fingerprint density at radius 1 is 0.750 bits per heavy atom. The first-order chi connectivity index (χ1) is 15.4. The van der Waals surface area contributed by atoms with Gasteiger partial charge in [0.2, 0.25) is 5.95 Å².